The van der Waals surface area contributed by atoms with E-state index in [0.717, 1.165) is 16.5 Å². The molecule has 0 aliphatic heterocycles. The van der Waals surface area contributed by atoms with Crippen LogP contribution in [0.5, 0.6) is 0 Å². The van der Waals surface area contributed by atoms with Crippen LogP contribution in [0.1, 0.15) is 24.8 Å². The summed E-state index contributed by atoms with van der Waals surface area (Å²) in [5.74, 6) is -0.218. The van der Waals surface area contributed by atoms with Gasteiger partial charge in [-0.1, -0.05) is 64.8 Å². The molecule has 0 saturated heterocycles. The van der Waals surface area contributed by atoms with E-state index in [-0.39, 0.29) is 11.8 Å². The van der Waals surface area contributed by atoms with Crippen LogP contribution in [0.25, 0.3) is 0 Å². The van der Waals surface area contributed by atoms with Crippen LogP contribution in [0.2, 0.25) is 5.02 Å². The van der Waals surface area contributed by atoms with E-state index in [1.165, 1.54) is 0 Å². The summed E-state index contributed by atoms with van der Waals surface area (Å²) in [5, 5.41) is 3.43. The Morgan fingerprint density at radius 1 is 1.25 bits per heavy atom. The Balaban J connectivity index is 2.20. The number of nitrogens with one attached hydrogen (secondary N) is 1. The first-order valence-electron chi connectivity index (χ1n) is 6.42. The molecule has 1 amide bonds. The molecule has 0 aliphatic rings. The molecule has 0 spiro atoms. The number of amides is 1. The lowest BCUT2D eigenvalue weighted by Gasteiger charge is -2.16. The summed E-state index contributed by atoms with van der Waals surface area (Å²) in [5.41, 5.74) is 1.64. The van der Waals surface area contributed by atoms with Crippen LogP contribution in [-0.4, -0.2) is 5.91 Å². The Bertz CT molecular complexity index is 601. The van der Waals surface area contributed by atoms with Gasteiger partial charge in [-0.25, -0.2) is 0 Å². The first kappa shape index (κ1) is 15.1. The Kier molecular flexibility index (Phi) is 5.21. The average molecular weight is 353 g/mol. The molecule has 20 heavy (non-hydrogen) atoms. The lowest BCUT2D eigenvalue weighted by molar-refractivity contribution is -0.117. The molecule has 4 heteroatoms. The smallest absolute Gasteiger partial charge is 0.231 e. The van der Waals surface area contributed by atoms with Gasteiger partial charge in [0.2, 0.25) is 5.91 Å². The molecule has 2 aromatic carbocycles. The van der Waals surface area contributed by atoms with Crippen molar-refractivity contribution in [2.24, 2.45) is 0 Å². The molecule has 2 aromatic rings. The van der Waals surface area contributed by atoms with Crippen molar-refractivity contribution in [3.8, 4) is 0 Å². The van der Waals surface area contributed by atoms with E-state index >= 15 is 0 Å². The lowest BCUT2D eigenvalue weighted by Crippen LogP contribution is -2.20. The molecule has 0 saturated carbocycles. The predicted molar refractivity (Wildman–Crippen MR) is 87.3 cm³/mol. The fourth-order valence-corrected chi connectivity index (χ4v) is 2.60. The van der Waals surface area contributed by atoms with Crippen LogP contribution >= 0.6 is 27.5 Å². The Morgan fingerprint density at radius 3 is 2.60 bits per heavy atom. The summed E-state index contributed by atoms with van der Waals surface area (Å²) in [6.07, 6.45) is 0.738. The quantitative estimate of drug-likeness (QED) is 0.801. The maximum Gasteiger partial charge on any atom is 0.231 e. The molecule has 2 nitrogen and oxygen atoms in total. The molecule has 2 rings (SSSR count). The number of carbonyl (C=O) groups is 1. The fraction of sp³-hybridized carbons (Fsp3) is 0.188. The molecule has 1 atom stereocenters. The summed E-state index contributed by atoms with van der Waals surface area (Å²) in [7, 11) is 0. The van der Waals surface area contributed by atoms with Crippen LogP contribution in [0.15, 0.2) is 53.0 Å². The molecule has 0 fully saturated rings. The maximum atomic E-state index is 12.4. The van der Waals surface area contributed by atoms with E-state index in [2.05, 4.69) is 21.2 Å². The first-order chi connectivity index (χ1) is 9.61. The summed E-state index contributed by atoms with van der Waals surface area (Å²) in [6, 6.07) is 15.2. The second kappa shape index (κ2) is 6.91. The summed E-state index contributed by atoms with van der Waals surface area (Å²) >= 11 is 9.47. The summed E-state index contributed by atoms with van der Waals surface area (Å²) < 4.78 is 0.880. The molecule has 1 N–H and O–H groups in total. The topological polar surface area (TPSA) is 29.1 Å². The normalized spacial score (nSPS) is 11.9. The maximum absolute atomic E-state index is 12.4. The van der Waals surface area contributed by atoms with E-state index in [0.29, 0.717) is 10.7 Å². The molecule has 1 unspecified atom stereocenters. The molecule has 104 valence electrons. The number of hydrogen-bond acceptors (Lipinski definition) is 1. The zero-order valence-corrected chi connectivity index (χ0v) is 13.4. The SMILES string of the molecule is CCC(C(=O)Nc1cc(Br)ccc1Cl)c1ccccc1. The highest BCUT2D eigenvalue weighted by Gasteiger charge is 2.19. The standard InChI is InChI=1S/C16H15BrClNO/c1-2-13(11-6-4-3-5-7-11)16(20)19-15-10-12(17)8-9-14(15)18/h3-10,13H,2H2,1H3,(H,19,20). The van der Waals surface area contributed by atoms with Gasteiger partial charge in [-0.05, 0) is 30.2 Å². The Hall–Kier alpha value is -1.32. The van der Waals surface area contributed by atoms with E-state index in [1.807, 2.05) is 43.3 Å². The minimum absolute atomic E-state index is 0.0429. The Morgan fingerprint density at radius 2 is 1.95 bits per heavy atom. The fourth-order valence-electron chi connectivity index (χ4n) is 2.07. The average Bonchev–Trinajstić information content (AvgIpc) is 2.45. The van der Waals surface area contributed by atoms with E-state index < -0.39 is 0 Å². The van der Waals surface area contributed by atoms with Crippen LogP contribution in [0.3, 0.4) is 0 Å². The number of anilines is 1. The highest BCUT2D eigenvalue weighted by Crippen LogP contribution is 2.28. The molecule has 0 aromatic heterocycles. The van der Waals surface area contributed by atoms with Gasteiger partial charge in [0.05, 0.1) is 16.6 Å². The van der Waals surface area contributed by atoms with Crippen molar-refractivity contribution in [1.29, 1.82) is 0 Å². The van der Waals surface area contributed by atoms with E-state index in [9.17, 15) is 4.79 Å². The molecule has 0 heterocycles. The highest BCUT2D eigenvalue weighted by atomic mass is 79.9. The van der Waals surface area contributed by atoms with Gasteiger partial charge in [0.25, 0.3) is 0 Å². The second-order valence-electron chi connectivity index (χ2n) is 4.48. The van der Waals surface area contributed by atoms with Crippen LogP contribution < -0.4 is 5.32 Å². The third kappa shape index (κ3) is 3.62. The van der Waals surface area contributed by atoms with Crippen molar-refractivity contribution >= 4 is 39.1 Å². The van der Waals surface area contributed by atoms with Gasteiger partial charge in [0.1, 0.15) is 0 Å². The Labute approximate surface area is 132 Å². The van der Waals surface area contributed by atoms with Gasteiger partial charge < -0.3 is 5.32 Å². The van der Waals surface area contributed by atoms with Crippen molar-refractivity contribution in [1.82, 2.24) is 0 Å². The molecular formula is C16H15BrClNO. The van der Waals surface area contributed by atoms with Crippen LogP contribution in [-0.2, 0) is 4.79 Å². The van der Waals surface area contributed by atoms with Crippen molar-refractivity contribution in [3.05, 3.63) is 63.6 Å². The monoisotopic (exact) mass is 351 g/mol. The molecular weight excluding hydrogens is 338 g/mol. The largest absolute Gasteiger partial charge is 0.324 e. The molecule has 0 radical (unpaired) electrons. The second-order valence-corrected chi connectivity index (χ2v) is 5.81. The number of hydrogen-bond donors (Lipinski definition) is 1. The van der Waals surface area contributed by atoms with Crippen molar-refractivity contribution in [2.75, 3.05) is 5.32 Å². The van der Waals surface area contributed by atoms with E-state index in [1.54, 1.807) is 12.1 Å². The summed E-state index contributed by atoms with van der Waals surface area (Å²) in [4.78, 5) is 12.4. The number of halogens is 2. The van der Waals surface area contributed by atoms with Gasteiger partial charge in [-0.15, -0.1) is 0 Å². The van der Waals surface area contributed by atoms with Crippen molar-refractivity contribution in [2.45, 2.75) is 19.3 Å². The van der Waals surface area contributed by atoms with Gasteiger partial charge in [0, 0.05) is 4.47 Å². The molecule has 0 bridgehead atoms. The zero-order chi connectivity index (χ0) is 14.5. The lowest BCUT2D eigenvalue weighted by atomic mass is 9.95. The van der Waals surface area contributed by atoms with Gasteiger partial charge in [-0.2, -0.15) is 0 Å². The number of carbonyl (C=O) groups excluding carboxylic acids is 1. The van der Waals surface area contributed by atoms with Gasteiger partial charge in [0.15, 0.2) is 0 Å². The van der Waals surface area contributed by atoms with Crippen LogP contribution in [0, 0.1) is 0 Å². The summed E-state index contributed by atoms with van der Waals surface area (Å²) in [6.45, 7) is 2.00. The first-order valence-corrected chi connectivity index (χ1v) is 7.59. The van der Waals surface area contributed by atoms with Crippen LogP contribution in [0.4, 0.5) is 5.69 Å². The number of rotatable bonds is 4. The zero-order valence-electron chi connectivity index (χ0n) is 11.1. The van der Waals surface area contributed by atoms with E-state index in [4.69, 9.17) is 11.6 Å². The highest BCUT2D eigenvalue weighted by molar-refractivity contribution is 9.10. The third-order valence-corrected chi connectivity index (χ3v) is 3.94. The van der Waals surface area contributed by atoms with Gasteiger partial charge >= 0.3 is 0 Å². The number of benzene rings is 2. The third-order valence-electron chi connectivity index (χ3n) is 3.11. The van der Waals surface area contributed by atoms with Gasteiger partial charge in [-0.3, -0.25) is 4.79 Å². The van der Waals surface area contributed by atoms with Crippen molar-refractivity contribution < 1.29 is 4.79 Å². The minimum atomic E-state index is -0.175. The van der Waals surface area contributed by atoms with Crippen molar-refractivity contribution in [3.63, 3.8) is 0 Å². The molecule has 0 aliphatic carbocycles. The minimum Gasteiger partial charge on any atom is -0.324 e. The predicted octanol–water partition coefficient (Wildman–Crippen LogP) is 5.23.